The van der Waals surface area contributed by atoms with E-state index in [0.717, 1.165) is 5.69 Å². The van der Waals surface area contributed by atoms with E-state index in [9.17, 15) is 8.78 Å². The Morgan fingerprint density at radius 2 is 1.95 bits per heavy atom. The summed E-state index contributed by atoms with van der Waals surface area (Å²) in [6.07, 6.45) is 0.187. The van der Waals surface area contributed by atoms with Crippen LogP contribution in [0.25, 0.3) is 0 Å². The lowest BCUT2D eigenvalue weighted by atomic mass is 9.91. The van der Waals surface area contributed by atoms with Crippen LogP contribution in [0, 0.1) is 0 Å². The summed E-state index contributed by atoms with van der Waals surface area (Å²) in [5.41, 5.74) is 6.96. The van der Waals surface area contributed by atoms with Crippen LogP contribution < -0.4 is 10.6 Å². The number of alkyl halides is 2. The molecule has 0 unspecified atom stereocenters. The van der Waals surface area contributed by atoms with Crippen LogP contribution in [-0.2, 0) is 5.41 Å². The first-order chi connectivity index (χ1) is 9.60. The number of anilines is 2. The van der Waals surface area contributed by atoms with E-state index in [4.69, 9.17) is 17.3 Å². The van der Waals surface area contributed by atoms with Crippen LogP contribution in [-0.4, -0.2) is 24.0 Å². The number of nitrogen functional groups attached to an aromatic ring is 1. The summed E-state index contributed by atoms with van der Waals surface area (Å²) in [5, 5.41) is 0.518. The molecule has 1 saturated heterocycles. The minimum atomic E-state index is -2.59. The molecule has 0 amide bonds. The van der Waals surface area contributed by atoms with Gasteiger partial charge in [0.15, 0.2) is 5.82 Å². The highest BCUT2D eigenvalue weighted by Gasteiger charge is 2.33. The maximum absolute atomic E-state index is 13.5. The lowest BCUT2D eigenvalue weighted by molar-refractivity contribution is -0.0102. The minimum absolute atomic E-state index is 0.0802. The van der Waals surface area contributed by atoms with Gasteiger partial charge in [-0.2, -0.15) is 0 Å². The molecule has 2 heterocycles. The van der Waals surface area contributed by atoms with Crippen molar-refractivity contribution in [3.8, 4) is 0 Å². The highest BCUT2D eigenvalue weighted by Crippen LogP contribution is 2.35. The van der Waals surface area contributed by atoms with Gasteiger partial charge in [0.25, 0.3) is 0 Å². The maximum atomic E-state index is 13.5. The van der Waals surface area contributed by atoms with E-state index in [2.05, 4.69) is 4.98 Å². The van der Waals surface area contributed by atoms with Crippen LogP contribution in [0.15, 0.2) is 6.07 Å². The zero-order valence-corrected chi connectivity index (χ0v) is 13.5. The molecule has 0 aliphatic carbocycles. The summed E-state index contributed by atoms with van der Waals surface area (Å²) in [4.78, 5) is 6.43. The van der Waals surface area contributed by atoms with Crippen LogP contribution in [0.4, 0.5) is 20.3 Å². The lowest BCUT2D eigenvalue weighted by Crippen LogP contribution is -2.28. The predicted molar refractivity (Wildman–Crippen MR) is 83.4 cm³/mol. The van der Waals surface area contributed by atoms with Crippen molar-refractivity contribution in [1.29, 1.82) is 0 Å². The van der Waals surface area contributed by atoms with Crippen molar-refractivity contribution in [2.24, 2.45) is 0 Å². The highest BCUT2D eigenvalue weighted by atomic mass is 35.5. The Hall–Kier alpha value is -1.10. The van der Waals surface area contributed by atoms with E-state index in [1.807, 2.05) is 25.7 Å². The number of halogens is 3. The summed E-state index contributed by atoms with van der Waals surface area (Å²) in [6.45, 7) is 6.83. The van der Waals surface area contributed by atoms with Crippen LogP contribution in [0.3, 0.4) is 0 Å². The molecule has 2 rings (SSSR count). The first kappa shape index (κ1) is 16.3. The largest absolute Gasteiger partial charge is 0.396 e. The molecule has 0 aromatic carbocycles. The lowest BCUT2D eigenvalue weighted by Gasteiger charge is -2.27. The van der Waals surface area contributed by atoms with E-state index in [1.54, 1.807) is 6.07 Å². The first-order valence-electron chi connectivity index (χ1n) is 7.19. The van der Waals surface area contributed by atoms with Gasteiger partial charge in [-0.15, -0.1) is 0 Å². The number of aromatic nitrogens is 1. The Bertz CT molecular complexity index is 526. The molecule has 0 saturated carbocycles. The van der Waals surface area contributed by atoms with E-state index in [-0.39, 0.29) is 24.8 Å². The van der Waals surface area contributed by atoms with Crippen molar-refractivity contribution in [2.45, 2.75) is 51.4 Å². The number of hydrogen-bond donors (Lipinski definition) is 1. The quantitative estimate of drug-likeness (QED) is 0.842. The normalized spacial score (nSPS) is 19.4. The molecule has 21 heavy (non-hydrogen) atoms. The molecular formula is C15H22ClF2N3. The fraction of sp³-hybridized carbons (Fsp3) is 0.667. The minimum Gasteiger partial charge on any atom is -0.396 e. The Kier molecular flexibility index (Phi) is 4.34. The molecule has 1 aromatic rings. The fourth-order valence-corrected chi connectivity index (χ4v) is 2.99. The van der Waals surface area contributed by atoms with Gasteiger partial charge in [-0.3, -0.25) is 0 Å². The SMILES string of the molecule is CC(C)(C)c1nc(N2CCCC(F)(F)CC2)c(N)cc1Cl. The van der Waals surface area contributed by atoms with Crippen molar-refractivity contribution in [3.05, 3.63) is 16.8 Å². The monoisotopic (exact) mass is 317 g/mol. The Labute approximate surface area is 129 Å². The molecule has 0 radical (unpaired) electrons. The molecular weight excluding hydrogens is 296 g/mol. The van der Waals surface area contributed by atoms with Crippen molar-refractivity contribution in [3.63, 3.8) is 0 Å². The third-order valence-electron chi connectivity index (χ3n) is 3.71. The summed E-state index contributed by atoms with van der Waals surface area (Å²) in [5.74, 6) is -2.02. The van der Waals surface area contributed by atoms with Crippen LogP contribution in [0.2, 0.25) is 5.02 Å². The fourth-order valence-electron chi connectivity index (χ4n) is 2.55. The van der Waals surface area contributed by atoms with Gasteiger partial charge in [0.05, 0.1) is 16.4 Å². The van der Waals surface area contributed by atoms with Gasteiger partial charge in [0.2, 0.25) is 5.92 Å². The van der Waals surface area contributed by atoms with Gasteiger partial charge in [-0.25, -0.2) is 13.8 Å². The van der Waals surface area contributed by atoms with E-state index in [0.29, 0.717) is 29.5 Å². The number of hydrogen-bond acceptors (Lipinski definition) is 3. The summed E-state index contributed by atoms with van der Waals surface area (Å²) in [6, 6.07) is 1.67. The Morgan fingerprint density at radius 1 is 1.29 bits per heavy atom. The second kappa shape index (κ2) is 5.59. The Balaban J connectivity index is 2.35. The number of rotatable bonds is 1. The molecule has 1 aromatic heterocycles. The summed E-state index contributed by atoms with van der Waals surface area (Å²) >= 11 is 6.22. The molecule has 2 N–H and O–H groups in total. The predicted octanol–water partition coefficient (Wildman–Crippen LogP) is 4.24. The molecule has 118 valence electrons. The van der Waals surface area contributed by atoms with Gasteiger partial charge in [-0.1, -0.05) is 32.4 Å². The molecule has 1 aliphatic rings. The molecule has 0 bridgehead atoms. The van der Waals surface area contributed by atoms with Gasteiger partial charge >= 0.3 is 0 Å². The third kappa shape index (κ3) is 3.76. The second-order valence-corrected chi connectivity index (χ2v) is 7.09. The second-order valence-electron chi connectivity index (χ2n) is 6.68. The average molecular weight is 318 g/mol. The molecule has 3 nitrogen and oxygen atoms in total. The van der Waals surface area contributed by atoms with Crippen LogP contribution in [0.5, 0.6) is 0 Å². The van der Waals surface area contributed by atoms with E-state index < -0.39 is 5.92 Å². The number of pyridine rings is 1. The van der Waals surface area contributed by atoms with Crippen molar-refractivity contribution < 1.29 is 8.78 Å². The topological polar surface area (TPSA) is 42.2 Å². The average Bonchev–Trinajstić information content (AvgIpc) is 2.49. The molecule has 0 spiro atoms. The van der Waals surface area contributed by atoms with Crippen molar-refractivity contribution in [1.82, 2.24) is 4.98 Å². The van der Waals surface area contributed by atoms with Crippen LogP contribution >= 0.6 is 11.6 Å². The number of nitrogens with two attached hydrogens (primary N) is 1. The molecule has 6 heteroatoms. The zero-order valence-electron chi connectivity index (χ0n) is 12.7. The summed E-state index contributed by atoms with van der Waals surface area (Å²) in [7, 11) is 0. The van der Waals surface area contributed by atoms with Crippen molar-refractivity contribution in [2.75, 3.05) is 23.7 Å². The maximum Gasteiger partial charge on any atom is 0.249 e. The van der Waals surface area contributed by atoms with Gasteiger partial charge in [0, 0.05) is 31.3 Å². The summed E-state index contributed by atoms with van der Waals surface area (Å²) < 4.78 is 27.0. The standard InChI is InChI=1S/C15H22ClF2N3/c1-14(2,3)12-10(16)9-11(19)13(20-12)21-7-4-5-15(17,18)6-8-21/h9H,4-8,19H2,1-3H3. The van der Waals surface area contributed by atoms with Crippen molar-refractivity contribution >= 4 is 23.1 Å². The van der Waals surface area contributed by atoms with E-state index >= 15 is 0 Å². The third-order valence-corrected chi connectivity index (χ3v) is 4.00. The highest BCUT2D eigenvalue weighted by molar-refractivity contribution is 6.31. The molecule has 1 aliphatic heterocycles. The van der Waals surface area contributed by atoms with Gasteiger partial charge in [0.1, 0.15) is 0 Å². The van der Waals surface area contributed by atoms with Crippen LogP contribution in [0.1, 0.15) is 45.7 Å². The van der Waals surface area contributed by atoms with E-state index in [1.165, 1.54) is 0 Å². The van der Waals surface area contributed by atoms with Gasteiger partial charge in [-0.05, 0) is 12.5 Å². The molecule has 0 atom stereocenters. The smallest absolute Gasteiger partial charge is 0.249 e. The first-order valence-corrected chi connectivity index (χ1v) is 7.57. The zero-order chi connectivity index (χ0) is 15.8. The molecule has 1 fully saturated rings. The number of nitrogens with zero attached hydrogens (tertiary/aromatic N) is 2. The Morgan fingerprint density at radius 3 is 2.57 bits per heavy atom. The van der Waals surface area contributed by atoms with Gasteiger partial charge < -0.3 is 10.6 Å².